The summed E-state index contributed by atoms with van der Waals surface area (Å²) in [7, 11) is 1.51. The topological polar surface area (TPSA) is 83.6 Å². The lowest BCUT2D eigenvalue weighted by Gasteiger charge is -2.17. The number of rotatable bonds is 4. The molecule has 1 rings (SSSR count). The Morgan fingerprint density at radius 1 is 1.67 bits per heavy atom. The summed E-state index contributed by atoms with van der Waals surface area (Å²) in [5, 5.41) is 8.67. The van der Waals surface area contributed by atoms with E-state index in [1.165, 1.54) is 31.3 Å². The Morgan fingerprint density at radius 3 is 2.80 bits per heavy atom. The molecule has 0 saturated carbocycles. The molecule has 6 heteroatoms. The van der Waals surface area contributed by atoms with Crippen molar-refractivity contribution in [2.75, 3.05) is 13.6 Å². The summed E-state index contributed by atoms with van der Waals surface area (Å²) in [6.07, 6.45) is 2.66. The van der Waals surface area contributed by atoms with Crippen molar-refractivity contribution in [1.29, 1.82) is 0 Å². The van der Waals surface area contributed by atoms with E-state index in [0.29, 0.717) is 0 Å². The Bertz CT molecular complexity index is 347. The van der Waals surface area contributed by atoms with Gasteiger partial charge in [0.05, 0.1) is 12.1 Å². The summed E-state index contributed by atoms with van der Waals surface area (Å²) >= 11 is 0. The van der Waals surface area contributed by atoms with Crippen molar-refractivity contribution in [2.45, 2.75) is 6.92 Å². The molecule has 1 atom stereocenters. The average molecular weight is 212 g/mol. The van der Waals surface area contributed by atoms with Gasteiger partial charge in [0.1, 0.15) is 6.26 Å². The van der Waals surface area contributed by atoms with Crippen LogP contribution in [0.1, 0.15) is 17.6 Å². The minimum Gasteiger partial charge on any atom is -0.481 e. The molecule has 1 unspecified atom stereocenters. The molecule has 15 heavy (non-hydrogen) atoms. The minimum atomic E-state index is -0.943. The number of carboxylic acid groups (broad SMARTS) is 1. The van der Waals surface area contributed by atoms with Crippen molar-refractivity contribution in [2.24, 2.45) is 5.92 Å². The van der Waals surface area contributed by atoms with Gasteiger partial charge in [-0.3, -0.25) is 9.59 Å². The fourth-order valence-corrected chi connectivity index (χ4v) is 1.06. The Morgan fingerprint density at radius 2 is 2.33 bits per heavy atom. The third-order valence-electron chi connectivity index (χ3n) is 1.93. The van der Waals surface area contributed by atoms with Crippen molar-refractivity contribution >= 4 is 11.9 Å². The molecule has 0 saturated heterocycles. The molecule has 0 spiro atoms. The number of carbonyl (C=O) groups is 2. The normalized spacial score (nSPS) is 12.1. The van der Waals surface area contributed by atoms with Crippen LogP contribution < -0.4 is 0 Å². The molecule has 1 amide bonds. The Balaban J connectivity index is 2.58. The predicted octanol–water partition coefficient (Wildman–Crippen LogP) is 0.467. The van der Waals surface area contributed by atoms with Gasteiger partial charge in [-0.2, -0.15) is 0 Å². The molecule has 82 valence electrons. The summed E-state index contributed by atoms with van der Waals surface area (Å²) < 4.78 is 4.81. The average Bonchev–Trinajstić information content (AvgIpc) is 2.68. The van der Waals surface area contributed by atoms with Crippen molar-refractivity contribution in [3.63, 3.8) is 0 Å². The molecule has 1 aromatic rings. The second-order valence-corrected chi connectivity index (χ2v) is 3.26. The van der Waals surface area contributed by atoms with Gasteiger partial charge in [0.15, 0.2) is 0 Å². The highest BCUT2D eigenvalue weighted by Crippen LogP contribution is 2.04. The van der Waals surface area contributed by atoms with Crippen LogP contribution in [0.15, 0.2) is 16.9 Å². The van der Waals surface area contributed by atoms with E-state index in [1.54, 1.807) is 0 Å². The number of aliphatic carboxylic acids is 1. The lowest BCUT2D eigenvalue weighted by Crippen LogP contribution is -2.33. The SMILES string of the molecule is CC(CN(C)C(=O)c1ncco1)C(=O)O. The number of nitrogens with zero attached hydrogens (tertiary/aromatic N) is 2. The Kier molecular flexibility index (Phi) is 3.43. The van der Waals surface area contributed by atoms with Gasteiger partial charge in [-0.15, -0.1) is 0 Å². The first-order valence-corrected chi connectivity index (χ1v) is 4.40. The summed E-state index contributed by atoms with van der Waals surface area (Å²) in [5.74, 6) is -2.01. The fraction of sp³-hybridized carbons (Fsp3) is 0.444. The van der Waals surface area contributed by atoms with Crippen LogP contribution in [0.25, 0.3) is 0 Å². The zero-order valence-electron chi connectivity index (χ0n) is 8.51. The van der Waals surface area contributed by atoms with Gasteiger partial charge in [0.2, 0.25) is 0 Å². The molecule has 0 aliphatic heterocycles. The third kappa shape index (κ3) is 2.80. The van der Waals surface area contributed by atoms with Crippen LogP contribution in [0.4, 0.5) is 0 Å². The quantitative estimate of drug-likeness (QED) is 0.784. The molecule has 0 fully saturated rings. The van der Waals surface area contributed by atoms with Crippen LogP contribution >= 0.6 is 0 Å². The molecule has 0 aliphatic rings. The summed E-state index contributed by atoms with van der Waals surface area (Å²) in [4.78, 5) is 27.1. The largest absolute Gasteiger partial charge is 0.481 e. The maximum absolute atomic E-state index is 11.5. The van der Waals surface area contributed by atoms with Gasteiger partial charge in [-0.1, -0.05) is 6.92 Å². The second kappa shape index (κ2) is 4.59. The first kappa shape index (κ1) is 11.2. The van der Waals surface area contributed by atoms with E-state index in [9.17, 15) is 9.59 Å². The summed E-state index contributed by atoms with van der Waals surface area (Å²) in [6.45, 7) is 1.65. The number of oxazole rings is 1. The van der Waals surface area contributed by atoms with E-state index < -0.39 is 17.8 Å². The maximum atomic E-state index is 11.5. The lowest BCUT2D eigenvalue weighted by molar-refractivity contribution is -0.141. The van der Waals surface area contributed by atoms with Crippen LogP contribution in [-0.2, 0) is 4.79 Å². The number of hydrogen-bond acceptors (Lipinski definition) is 4. The van der Waals surface area contributed by atoms with Gasteiger partial charge in [-0.05, 0) is 0 Å². The number of carbonyl (C=O) groups excluding carboxylic acids is 1. The van der Waals surface area contributed by atoms with Gasteiger partial charge in [0.25, 0.3) is 5.89 Å². The van der Waals surface area contributed by atoms with Crippen molar-refractivity contribution in [1.82, 2.24) is 9.88 Å². The standard InChI is InChI=1S/C9H12N2O4/c1-6(9(13)14)5-11(2)8(12)7-10-3-4-15-7/h3-4,6H,5H2,1-2H3,(H,13,14). The van der Waals surface area contributed by atoms with Gasteiger partial charge >= 0.3 is 11.9 Å². The lowest BCUT2D eigenvalue weighted by atomic mass is 10.2. The summed E-state index contributed by atoms with van der Waals surface area (Å²) in [6, 6.07) is 0. The highest BCUT2D eigenvalue weighted by Gasteiger charge is 2.20. The van der Waals surface area contributed by atoms with E-state index in [1.807, 2.05) is 0 Å². The minimum absolute atomic E-state index is 0.0323. The van der Waals surface area contributed by atoms with Crippen molar-refractivity contribution < 1.29 is 19.1 Å². The monoisotopic (exact) mass is 212 g/mol. The van der Waals surface area contributed by atoms with Crippen LogP contribution in [-0.4, -0.2) is 40.5 Å². The molecule has 0 aliphatic carbocycles. The molecule has 1 N–H and O–H groups in total. The molecule has 1 aromatic heterocycles. The zero-order chi connectivity index (χ0) is 11.4. The Hall–Kier alpha value is -1.85. The van der Waals surface area contributed by atoms with Crippen LogP contribution in [0.3, 0.4) is 0 Å². The zero-order valence-corrected chi connectivity index (χ0v) is 8.51. The van der Waals surface area contributed by atoms with E-state index in [2.05, 4.69) is 4.98 Å². The molecule has 0 aromatic carbocycles. The summed E-state index contributed by atoms with van der Waals surface area (Å²) in [5.41, 5.74) is 0. The molecule has 0 bridgehead atoms. The molecular weight excluding hydrogens is 200 g/mol. The number of hydrogen-bond donors (Lipinski definition) is 1. The highest BCUT2D eigenvalue weighted by atomic mass is 16.4. The van der Waals surface area contributed by atoms with Crippen LogP contribution in [0, 0.1) is 5.92 Å². The smallest absolute Gasteiger partial charge is 0.309 e. The number of carboxylic acids is 1. The number of amides is 1. The second-order valence-electron chi connectivity index (χ2n) is 3.26. The van der Waals surface area contributed by atoms with Gasteiger partial charge < -0.3 is 14.4 Å². The molecule has 1 heterocycles. The van der Waals surface area contributed by atoms with Crippen molar-refractivity contribution in [3.05, 3.63) is 18.4 Å². The van der Waals surface area contributed by atoms with Crippen molar-refractivity contribution in [3.8, 4) is 0 Å². The van der Waals surface area contributed by atoms with E-state index in [0.717, 1.165) is 0 Å². The van der Waals surface area contributed by atoms with Gasteiger partial charge in [-0.25, -0.2) is 4.98 Å². The maximum Gasteiger partial charge on any atom is 0.309 e. The first-order valence-electron chi connectivity index (χ1n) is 4.40. The Labute approximate surface area is 86.5 Å². The van der Waals surface area contributed by atoms with Crippen LogP contribution in [0.5, 0.6) is 0 Å². The van der Waals surface area contributed by atoms with E-state index in [4.69, 9.17) is 9.52 Å². The predicted molar refractivity (Wildman–Crippen MR) is 50.3 cm³/mol. The molecular formula is C9H12N2O4. The van der Waals surface area contributed by atoms with E-state index >= 15 is 0 Å². The first-order chi connectivity index (χ1) is 7.02. The number of aromatic nitrogens is 1. The fourth-order valence-electron chi connectivity index (χ4n) is 1.06. The van der Waals surface area contributed by atoms with Crippen LogP contribution in [0.2, 0.25) is 0 Å². The highest BCUT2D eigenvalue weighted by molar-refractivity contribution is 5.89. The third-order valence-corrected chi connectivity index (χ3v) is 1.93. The van der Waals surface area contributed by atoms with Gasteiger partial charge in [0, 0.05) is 13.6 Å². The van der Waals surface area contributed by atoms with E-state index in [-0.39, 0.29) is 12.4 Å². The molecule has 0 radical (unpaired) electrons. The molecule has 6 nitrogen and oxygen atoms in total.